The number of amides is 2. The smallest absolute Gasteiger partial charge is 0.326 e. The van der Waals surface area contributed by atoms with E-state index in [9.17, 15) is 9.59 Å². The lowest BCUT2D eigenvalue weighted by Crippen LogP contribution is -2.46. The minimum atomic E-state index is -1.16. The minimum Gasteiger partial charge on any atom is -0.480 e. The Balaban J connectivity index is 2.34. The number of carboxylic acids is 1. The summed E-state index contributed by atoms with van der Waals surface area (Å²) in [6.45, 7) is 0.0581. The maximum absolute atomic E-state index is 11.4. The number of aliphatic carboxylic acids is 1. The van der Waals surface area contributed by atoms with Crippen LogP contribution in [0.25, 0.3) is 0 Å². The van der Waals surface area contributed by atoms with E-state index in [1.165, 1.54) is 11.3 Å². The molecule has 1 aromatic heterocycles. The minimum absolute atomic E-state index is 0.0127. The van der Waals surface area contributed by atoms with E-state index in [2.05, 4.69) is 10.6 Å². The second-order valence-corrected chi connectivity index (χ2v) is 4.14. The topological polar surface area (TPSA) is 98.7 Å². The zero-order valence-corrected chi connectivity index (χ0v) is 9.87. The monoisotopic (exact) mass is 258 g/mol. The molecule has 0 saturated carbocycles. The van der Waals surface area contributed by atoms with Gasteiger partial charge < -0.3 is 20.8 Å². The largest absolute Gasteiger partial charge is 0.480 e. The molecule has 0 fully saturated rings. The number of hydrogen-bond acceptors (Lipinski definition) is 4. The summed E-state index contributed by atoms with van der Waals surface area (Å²) in [5.41, 5.74) is 0.958. The highest BCUT2D eigenvalue weighted by molar-refractivity contribution is 7.07. The van der Waals surface area contributed by atoms with Crippen molar-refractivity contribution in [3.8, 4) is 0 Å². The molecule has 0 aliphatic heterocycles. The first-order valence-corrected chi connectivity index (χ1v) is 5.97. The van der Waals surface area contributed by atoms with Gasteiger partial charge in [-0.15, -0.1) is 0 Å². The van der Waals surface area contributed by atoms with E-state index in [0.29, 0.717) is 6.54 Å². The molecule has 0 aromatic carbocycles. The van der Waals surface area contributed by atoms with Gasteiger partial charge in [-0.1, -0.05) is 0 Å². The fraction of sp³-hybridized carbons (Fsp3) is 0.400. The molecule has 4 N–H and O–H groups in total. The molecule has 1 atom stereocenters. The Bertz CT molecular complexity index is 366. The van der Waals surface area contributed by atoms with Gasteiger partial charge in [-0.25, -0.2) is 9.59 Å². The zero-order chi connectivity index (χ0) is 12.7. The van der Waals surface area contributed by atoms with Gasteiger partial charge in [0.25, 0.3) is 0 Å². The summed E-state index contributed by atoms with van der Waals surface area (Å²) in [7, 11) is 0. The molecular weight excluding hydrogens is 244 g/mol. The second kappa shape index (κ2) is 6.87. The van der Waals surface area contributed by atoms with Gasteiger partial charge in [-0.05, 0) is 22.4 Å². The van der Waals surface area contributed by atoms with E-state index < -0.39 is 18.0 Å². The van der Waals surface area contributed by atoms with Crippen LogP contribution >= 0.6 is 11.3 Å². The van der Waals surface area contributed by atoms with E-state index in [0.717, 1.165) is 5.56 Å². The summed E-state index contributed by atoms with van der Waals surface area (Å²) in [4.78, 5) is 22.1. The van der Waals surface area contributed by atoms with E-state index >= 15 is 0 Å². The standard InChI is InChI=1S/C10H14N2O4S/c13-3-1-8(9(14)15)12-10(16)11-5-7-2-4-17-6-7/h2,4,6,8,13H,1,3,5H2,(H,14,15)(H2,11,12,16)/t8-/m0/s1. The van der Waals surface area contributed by atoms with E-state index in [4.69, 9.17) is 10.2 Å². The molecule has 6 nitrogen and oxygen atoms in total. The molecule has 0 bridgehead atoms. The van der Waals surface area contributed by atoms with Crippen LogP contribution in [-0.2, 0) is 11.3 Å². The van der Waals surface area contributed by atoms with Crippen LogP contribution in [-0.4, -0.2) is 34.9 Å². The first-order valence-electron chi connectivity index (χ1n) is 5.02. The summed E-state index contributed by atoms with van der Waals surface area (Å²) < 4.78 is 0. The summed E-state index contributed by atoms with van der Waals surface area (Å²) in [5.74, 6) is -1.16. The van der Waals surface area contributed by atoms with Crippen molar-refractivity contribution in [2.75, 3.05) is 6.61 Å². The number of carboxylic acid groups (broad SMARTS) is 1. The summed E-state index contributed by atoms with van der Waals surface area (Å²) >= 11 is 1.52. The van der Waals surface area contributed by atoms with Crippen LogP contribution in [0.3, 0.4) is 0 Å². The molecule has 94 valence electrons. The van der Waals surface area contributed by atoms with Crippen molar-refractivity contribution in [2.45, 2.75) is 19.0 Å². The zero-order valence-electron chi connectivity index (χ0n) is 9.05. The highest BCUT2D eigenvalue weighted by Gasteiger charge is 2.18. The third-order valence-electron chi connectivity index (χ3n) is 2.05. The fourth-order valence-corrected chi connectivity index (χ4v) is 1.84. The van der Waals surface area contributed by atoms with Crippen molar-refractivity contribution < 1.29 is 19.8 Å². The average Bonchev–Trinajstić information content (AvgIpc) is 2.78. The van der Waals surface area contributed by atoms with Gasteiger partial charge >= 0.3 is 12.0 Å². The number of urea groups is 1. The molecule has 1 aromatic rings. The highest BCUT2D eigenvalue weighted by Crippen LogP contribution is 2.04. The van der Waals surface area contributed by atoms with Gasteiger partial charge in [0.15, 0.2) is 0 Å². The number of nitrogens with one attached hydrogen (secondary N) is 2. The van der Waals surface area contributed by atoms with Gasteiger partial charge in [-0.3, -0.25) is 0 Å². The Labute approximate surface area is 102 Å². The summed E-state index contributed by atoms with van der Waals surface area (Å²) in [5, 5.41) is 26.0. The molecule has 0 aliphatic rings. The molecule has 0 unspecified atom stereocenters. The van der Waals surface area contributed by atoms with Crippen molar-refractivity contribution in [3.05, 3.63) is 22.4 Å². The lowest BCUT2D eigenvalue weighted by atomic mass is 10.2. The van der Waals surface area contributed by atoms with Crippen molar-refractivity contribution in [1.82, 2.24) is 10.6 Å². The summed E-state index contributed by atoms with van der Waals surface area (Å²) in [6, 6.07) is 0.243. The number of carbonyl (C=O) groups excluding carboxylic acids is 1. The fourth-order valence-electron chi connectivity index (χ4n) is 1.17. The van der Waals surface area contributed by atoms with Gasteiger partial charge in [0.05, 0.1) is 0 Å². The number of hydrogen-bond donors (Lipinski definition) is 4. The van der Waals surface area contributed by atoms with Crippen LogP contribution in [0, 0.1) is 0 Å². The van der Waals surface area contributed by atoms with Crippen LogP contribution in [0.2, 0.25) is 0 Å². The predicted molar refractivity (Wildman–Crippen MR) is 62.8 cm³/mol. The van der Waals surface area contributed by atoms with Crippen molar-refractivity contribution in [1.29, 1.82) is 0 Å². The van der Waals surface area contributed by atoms with Crippen molar-refractivity contribution in [3.63, 3.8) is 0 Å². The second-order valence-electron chi connectivity index (χ2n) is 3.36. The van der Waals surface area contributed by atoms with Crippen molar-refractivity contribution >= 4 is 23.3 Å². The number of thiophene rings is 1. The van der Waals surface area contributed by atoms with E-state index in [-0.39, 0.29) is 13.0 Å². The third kappa shape index (κ3) is 4.83. The molecule has 2 amide bonds. The van der Waals surface area contributed by atoms with Gasteiger partial charge in [0.2, 0.25) is 0 Å². The van der Waals surface area contributed by atoms with Gasteiger partial charge in [0.1, 0.15) is 6.04 Å². The summed E-state index contributed by atoms with van der Waals surface area (Å²) in [6.07, 6.45) is -0.0127. The quantitative estimate of drug-likeness (QED) is 0.593. The molecule has 1 heterocycles. The molecule has 0 radical (unpaired) electrons. The molecule has 17 heavy (non-hydrogen) atoms. The van der Waals surface area contributed by atoms with Crippen LogP contribution in [0.4, 0.5) is 4.79 Å². The molecule has 7 heteroatoms. The van der Waals surface area contributed by atoms with Crippen LogP contribution in [0.1, 0.15) is 12.0 Å². The number of rotatable bonds is 6. The normalized spacial score (nSPS) is 11.8. The third-order valence-corrected chi connectivity index (χ3v) is 2.79. The number of aliphatic hydroxyl groups excluding tert-OH is 1. The molecule has 1 rings (SSSR count). The van der Waals surface area contributed by atoms with Crippen LogP contribution in [0.5, 0.6) is 0 Å². The Morgan fingerprint density at radius 2 is 2.24 bits per heavy atom. The maximum atomic E-state index is 11.4. The predicted octanol–water partition coefficient (Wildman–Crippen LogP) is 0.383. The SMILES string of the molecule is O=C(NCc1ccsc1)N[C@@H](CCO)C(=O)O. The first-order chi connectivity index (χ1) is 8.13. The van der Waals surface area contributed by atoms with Crippen LogP contribution in [0.15, 0.2) is 16.8 Å². The maximum Gasteiger partial charge on any atom is 0.326 e. The number of aliphatic hydroxyl groups is 1. The van der Waals surface area contributed by atoms with Crippen molar-refractivity contribution in [2.24, 2.45) is 0 Å². The molecule has 0 saturated heterocycles. The van der Waals surface area contributed by atoms with Gasteiger partial charge in [-0.2, -0.15) is 11.3 Å². The number of carbonyl (C=O) groups is 2. The molecular formula is C10H14N2O4S. The van der Waals surface area contributed by atoms with E-state index in [1.54, 1.807) is 0 Å². The Hall–Kier alpha value is -1.60. The molecule has 0 aliphatic carbocycles. The lowest BCUT2D eigenvalue weighted by Gasteiger charge is -2.13. The first kappa shape index (κ1) is 13.5. The van der Waals surface area contributed by atoms with Gasteiger partial charge in [0, 0.05) is 19.6 Å². The Morgan fingerprint density at radius 1 is 1.47 bits per heavy atom. The lowest BCUT2D eigenvalue weighted by molar-refractivity contribution is -0.139. The Kier molecular flexibility index (Phi) is 5.44. The Morgan fingerprint density at radius 3 is 2.76 bits per heavy atom. The van der Waals surface area contributed by atoms with Crippen LogP contribution < -0.4 is 10.6 Å². The molecule has 0 spiro atoms. The highest BCUT2D eigenvalue weighted by atomic mass is 32.1. The average molecular weight is 258 g/mol. The van der Waals surface area contributed by atoms with E-state index in [1.807, 2.05) is 16.8 Å².